The summed E-state index contributed by atoms with van der Waals surface area (Å²) in [6, 6.07) is 11.0. The van der Waals surface area contributed by atoms with E-state index >= 15 is 0 Å². The fourth-order valence-corrected chi connectivity index (χ4v) is 1.88. The van der Waals surface area contributed by atoms with Crippen LogP contribution in [0.1, 0.15) is 36.1 Å². The Bertz CT molecular complexity index is 598. The van der Waals surface area contributed by atoms with Gasteiger partial charge in [-0.25, -0.2) is 9.97 Å². The zero-order valence-corrected chi connectivity index (χ0v) is 12.4. The molecular weight excluding hydrogens is 264 g/mol. The molecule has 5 heteroatoms. The van der Waals surface area contributed by atoms with E-state index in [1.807, 2.05) is 30.3 Å². The third-order valence-corrected chi connectivity index (χ3v) is 2.94. The smallest absolute Gasteiger partial charge is 0.274 e. The van der Waals surface area contributed by atoms with Crippen LogP contribution in [0, 0.1) is 6.92 Å². The van der Waals surface area contributed by atoms with Gasteiger partial charge in [0.15, 0.2) is 0 Å². The second kappa shape index (κ2) is 7.38. The summed E-state index contributed by atoms with van der Waals surface area (Å²) < 4.78 is 0. The Morgan fingerprint density at radius 3 is 2.67 bits per heavy atom. The number of carbonyl (C=O) groups is 1. The van der Waals surface area contributed by atoms with Gasteiger partial charge in [0, 0.05) is 18.3 Å². The molecule has 21 heavy (non-hydrogen) atoms. The molecule has 2 aromatic rings. The third kappa shape index (κ3) is 4.56. The van der Waals surface area contributed by atoms with E-state index in [9.17, 15) is 4.79 Å². The number of unbranched alkanes of at least 4 members (excludes halogenated alkanes) is 1. The van der Waals surface area contributed by atoms with E-state index in [1.54, 1.807) is 13.0 Å². The lowest BCUT2D eigenvalue weighted by atomic mass is 10.3. The first-order valence-corrected chi connectivity index (χ1v) is 7.15. The Balaban J connectivity index is 2.09. The van der Waals surface area contributed by atoms with E-state index in [-0.39, 0.29) is 5.91 Å². The SMILES string of the molecule is CCCCNc1cc(C(=O)Nc2ccccc2)nc(C)n1. The van der Waals surface area contributed by atoms with Crippen molar-refractivity contribution in [2.45, 2.75) is 26.7 Å². The number of aryl methyl sites for hydroxylation is 1. The number of rotatable bonds is 6. The summed E-state index contributed by atoms with van der Waals surface area (Å²) in [5.41, 5.74) is 1.12. The van der Waals surface area contributed by atoms with Crippen LogP contribution in [-0.4, -0.2) is 22.4 Å². The number of aromatic nitrogens is 2. The van der Waals surface area contributed by atoms with Gasteiger partial charge in [-0.3, -0.25) is 4.79 Å². The fraction of sp³-hybridized carbons (Fsp3) is 0.312. The highest BCUT2D eigenvalue weighted by molar-refractivity contribution is 6.03. The minimum atomic E-state index is -0.231. The van der Waals surface area contributed by atoms with Crippen LogP contribution < -0.4 is 10.6 Å². The maximum absolute atomic E-state index is 12.2. The second-order valence-electron chi connectivity index (χ2n) is 4.79. The van der Waals surface area contributed by atoms with Gasteiger partial charge < -0.3 is 10.6 Å². The number of hydrogen-bond donors (Lipinski definition) is 2. The molecule has 0 fully saturated rings. The molecule has 1 aromatic carbocycles. The number of carbonyl (C=O) groups excluding carboxylic acids is 1. The number of para-hydroxylation sites is 1. The molecule has 110 valence electrons. The molecule has 2 rings (SSSR count). The molecule has 0 atom stereocenters. The molecule has 0 spiro atoms. The first-order valence-electron chi connectivity index (χ1n) is 7.15. The van der Waals surface area contributed by atoms with Crippen LogP contribution in [0.25, 0.3) is 0 Å². The lowest BCUT2D eigenvalue weighted by molar-refractivity contribution is 0.102. The summed E-state index contributed by atoms with van der Waals surface area (Å²) in [4.78, 5) is 20.7. The Kier molecular flexibility index (Phi) is 5.26. The second-order valence-corrected chi connectivity index (χ2v) is 4.79. The molecule has 1 amide bonds. The predicted molar refractivity (Wildman–Crippen MR) is 84.6 cm³/mol. The van der Waals surface area contributed by atoms with E-state index in [1.165, 1.54) is 0 Å². The van der Waals surface area contributed by atoms with E-state index in [2.05, 4.69) is 27.5 Å². The highest BCUT2D eigenvalue weighted by Crippen LogP contribution is 2.11. The van der Waals surface area contributed by atoms with Crippen molar-refractivity contribution in [3.63, 3.8) is 0 Å². The van der Waals surface area contributed by atoms with Crippen LogP contribution in [0.2, 0.25) is 0 Å². The van der Waals surface area contributed by atoms with Crippen molar-refractivity contribution in [2.75, 3.05) is 17.2 Å². The van der Waals surface area contributed by atoms with E-state index < -0.39 is 0 Å². The van der Waals surface area contributed by atoms with Crippen molar-refractivity contribution in [3.8, 4) is 0 Å². The summed E-state index contributed by atoms with van der Waals surface area (Å²) in [5.74, 6) is 1.04. The fourth-order valence-electron chi connectivity index (χ4n) is 1.88. The maximum Gasteiger partial charge on any atom is 0.274 e. The molecule has 0 aliphatic heterocycles. The number of nitrogens with zero attached hydrogens (tertiary/aromatic N) is 2. The monoisotopic (exact) mass is 284 g/mol. The molecule has 0 unspecified atom stereocenters. The Morgan fingerprint density at radius 2 is 1.95 bits per heavy atom. The standard InChI is InChI=1S/C16H20N4O/c1-3-4-10-17-15-11-14(18-12(2)19-15)16(21)20-13-8-6-5-7-9-13/h5-9,11H,3-4,10H2,1-2H3,(H,20,21)(H,17,18,19). The zero-order valence-electron chi connectivity index (χ0n) is 12.4. The van der Waals surface area contributed by atoms with Gasteiger partial charge in [0.2, 0.25) is 0 Å². The predicted octanol–water partition coefficient (Wildman–Crippen LogP) is 3.25. The highest BCUT2D eigenvalue weighted by Gasteiger charge is 2.10. The summed E-state index contributed by atoms with van der Waals surface area (Å²) in [7, 11) is 0. The Labute approximate surface area is 124 Å². The van der Waals surface area contributed by atoms with Crippen molar-refractivity contribution < 1.29 is 4.79 Å². The van der Waals surface area contributed by atoms with Crippen molar-refractivity contribution in [3.05, 3.63) is 47.9 Å². The summed E-state index contributed by atoms with van der Waals surface area (Å²) >= 11 is 0. The molecule has 1 heterocycles. The van der Waals surface area contributed by atoms with Crippen molar-refractivity contribution in [1.29, 1.82) is 0 Å². The van der Waals surface area contributed by atoms with Gasteiger partial charge >= 0.3 is 0 Å². The summed E-state index contributed by atoms with van der Waals surface area (Å²) in [5, 5.41) is 6.04. The third-order valence-electron chi connectivity index (χ3n) is 2.94. The van der Waals surface area contributed by atoms with E-state index in [0.29, 0.717) is 17.3 Å². The quantitative estimate of drug-likeness (QED) is 0.799. The maximum atomic E-state index is 12.2. The molecule has 0 bridgehead atoms. The van der Waals surface area contributed by atoms with Crippen LogP contribution in [0.4, 0.5) is 11.5 Å². The summed E-state index contributed by atoms with van der Waals surface area (Å²) in [6.45, 7) is 4.75. The molecule has 1 aromatic heterocycles. The Morgan fingerprint density at radius 1 is 1.19 bits per heavy atom. The van der Waals surface area contributed by atoms with Gasteiger partial charge in [-0.2, -0.15) is 0 Å². The first kappa shape index (κ1) is 15.0. The topological polar surface area (TPSA) is 66.9 Å². The Hall–Kier alpha value is -2.43. The van der Waals surface area contributed by atoms with Crippen molar-refractivity contribution in [1.82, 2.24) is 9.97 Å². The van der Waals surface area contributed by atoms with Crippen LogP contribution in [0.3, 0.4) is 0 Å². The van der Waals surface area contributed by atoms with Crippen LogP contribution in [0.5, 0.6) is 0 Å². The van der Waals surface area contributed by atoms with Gasteiger partial charge in [0.25, 0.3) is 5.91 Å². The van der Waals surface area contributed by atoms with Gasteiger partial charge in [-0.1, -0.05) is 31.5 Å². The van der Waals surface area contributed by atoms with Crippen LogP contribution in [-0.2, 0) is 0 Å². The van der Waals surface area contributed by atoms with E-state index in [0.717, 1.165) is 25.1 Å². The van der Waals surface area contributed by atoms with Gasteiger partial charge in [-0.15, -0.1) is 0 Å². The van der Waals surface area contributed by atoms with Gasteiger partial charge in [0.05, 0.1) is 0 Å². The number of anilines is 2. The molecule has 0 saturated heterocycles. The molecule has 0 radical (unpaired) electrons. The van der Waals surface area contributed by atoms with Crippen molar-refractivity contribution >= 4 is 17.4 Å². The van der Waals surface area contributed by atoms with Crippen LogP contribution >= 0.6 is 0 Å². The molecule has 0 saturated carbocycles. The molecule has 5 nitrogen and oxygen atoms in total. The van der Waals surface area contributed by atoms with Gasteiger partial charge in [-0.05, 0) is 25.5 Å². The number of benzene rings is 1. The zero-order chi connectivity index (χ0) is 15.1. The van der Waals surface area contributed by atoms with Gasteiger partial charge in [0.1, 0.15) is 17.3 Å². The van der Waals surface area contributed by atoms with Crippen molar-refractivity contribution in [2.24, 2.45) is 0 Å². The average molecular weight is 284 g/mol. The lowest BCUT2D eigenvalue weighted by Crippen LogP contribution is -2.16. The minimum Gasteiger partial charge on any atom is -0.370 e. The number of hydrogen-bond acceptors (Lipinski definition) is 4. The molecular formula is C16H20N4O. The largest absolute Gasteiger partial charge is 0.370 e. The number of amides is 1. The molecule has 2 N–H and O–H groups in total. The van der Waals surface area contributed by atoms with Crippen LogP contribution in [0.15, 0.2) is 36.4 Å². The molecule has 0 aliphatic carbocycles. The van der Waals surface area contributed by atoms with E-state index in [4.69, 9.17) is 0 Å². The highest BCUT2D eigenvalue weighted by atomic mass is 16.1. The number of nitrogens with one attached hydrogen (secondary N) is 2. The first-order chi connectivity index (χ1) is 10.2. The lowest BCUT2D eigenvalue weighted by Gasteiger charge is -2.08. The summed E-state index contributed by atoms with van der Waals surface area (Å²) in [6.07, 6.45) is 2.17. The molecule has 0 aliphatic rings. The minimum absolute atomic E-state index is 0.231. The normalized spacial score (nSPS) is 10.2. The average Bonchev–Trinajstić information content (AvgIpc) is 2.48.